The summed E-state index contributed by atoms with van der Waals surface area (Å²) in [6.45, 7) is 0. The number of rotatable bonds is 5. The van der Waals surface area contributed by atoms with Crippen LogP contribution in [0.1, 0.15) is 0 Å². The number of aromatic amines is 2. The van der Waals surface area contributed by atoms with Gasteiger partial charge >= 0.3 is 11.6 Å². The Morgan fingerprint density at radius 1 is 0.731 bits per heavy atom. The molecule has 0 saturated carbocycles. The summed E-state index contributed by atoms with van der Waals surface area (Å²) >= 11 is 0. The summed E-state index contributed by atoms with van der Waals surface area (Å²) in [6.07, 6.45) is 0. The van der Waals surface area contributed by atoms with E-state index < -0.39 is 21.5 Å². The Labute approximate surface area is 137 Å². The van der Waals surface area contributed by atoms with Crippen molar-refractivity contribution in [1.82, 2.24) is 51.0 Å². The fourth-order valence-electron chi connectivity index (χ4n) is 1.84. The molecule has 0 bridgehead atoms. The van der Waals surface area contributed by atoms with Crippen LogP contribution in [-0.2, 0) is 0 Å². The largest absolute Gasteiger partial charge is 0.446 e. The Morgan fingerprint density at radius 3 is 1.54 bits per heavy atom. The van der Waals surface area contributed by atoms with Crippen molar-refractivity contribution in [3.05, 3.63) is 20.2 Å². The molecular formula is C8H2N12O6. The molecule has 18 heteroatoms. The minimum atomic E-state index is -0.814. The van der Waals surface area contributed by atoms with Gasteiger partial charge in [-0.15, -0.1) is 9.26 Å². The highest BCUT2D eigenvalue weighted by atomic mass is 16.6. The van der Waals surface area contributed by atoms with Gasteiger partial charge in [-0.25, -0.2) is 9.97 Å². The molecule has 0 atom stereocenters. The summed E-state index contributed by atoms with van der Waals surface area (Å²) in [5.41, 5.74) is -0.595. The van der Waals surface area contributed by atoms with E-state index in [0.29, 0.717) is 0 Å². The molecule has 0 amide bonds. The first-order valence-electron chi connectivity index (χ1n) is 6.34. The average Bonchev–Trinajstić information content (AvgIpc) is 3.40. The molecule has 0 aromatic carbocycles. The van der Waals surface area contributed by atoms with Crippen molar-refractivity contribution >= 4 is 11.6 Å². The molecule has 4 aromatic heterocycles. The lowest BCUT2D eigenvalue weighted by Crippen LogP contribution is -1.92. The Kier molecular flexibility index (Phi) is 3.14. The molecule has 4 heterocycles. The fourth-order valence-corrected chi connectivity index (χ4v) is 1.84. The van der Waals surface area contributed by atoms with E-state index in [1.165, 1.54) is 0 Å². The van der Waals surface area contributed by atoms with E-state index in [2.05, 4.69) is 60.2 Å². The van der Waals surface area contributed by atoms with E-state index in [9.17, 15) is 20.2 Å². The lowest BCUT2D eigenvalue weighted by Gasteiger charge is -1.87. The molecule has 130 valence electrons. The number of hydrogen-bond donors (Lipinski definition) is 2. The molecule has 18 nitrogen and oxygen atoms in total. The monoisotopic (exact) mass is 362 g/mol. The van der Waals surface area contributed by atoms with Crippen molar-refractivity contribution in [3.63, 3.8) is 0 Å². The first kappa shape index (κ1) is 14.9. The van der Waals surface area contributed by atoms with Crippen molar-refractivity contribution in [2.24, 2.45) is 0 Å². The van der Waals surface area contributed by atoms with Gasteiger partial charge in [0.1, 0.15) is 0 Å². The number of H-pyrrole nitrogens is 2. The van der Waals surface area contributed by atoms with E-state index in [0.717, 1.165) is 0 Å². The predicted octanol–water partition coefficient (Wildman–Crippen LogP) is -0.494. The number of hydrogen-bond acceptors (Lipinski definition) is 14. The first-order chi connectivity index (χ1) is 12.5. The number of nitrogens with zero attached hydrogens (tertiary/aromatic N) is 10. The molecule has 4 rings (SSSR count). The third-order valence-corrected chi connectivity index (χ3v) is 2.91. The zero-order valence-corrected chi connectivity index (χ0v) is 11.9. The van der Waals surface area contributed by atoms with Gasteiger partial charge in [0.05, 0.1) is 0 Å². The van der Waals surface area contributed by atoms with Gasteiger partial charge < -0.3 is 20.2 Å². The summed E-state index contributed by atoms with van der Waals surface area (Å²) in [7, 11) is 0. The van der Waals surface area contributed by atoms with Crippen LogP contribution in [0.25, 0.3) is 34.7 Å². The molecule has 0 saturated heterocycles. The molecule has 4 aromatic rings. The van der Waals surface area contributed by atoms with Gasteiger partial charge in [-0.3, -0.25) is 10.2 Å². The smallest absolute Gasteiger partial charge is 0.358 e. The van der Waals surface area contributed by atoms with Crippen molar-refractivity contribution in [2.75, 3.05) is 0 Å². The van der Waals surface area contributed by atoms with Gasteiger partial charge in [-0.05, 0) is 20.2 Å². The number of nitrogens with one attached hydrogen (secondary N) is 2. The van der Waals surface area contributed by atoms with Crippen LogP contribution in [0.5, 0.6) is 0 Å². The minimum absolute atomic E-state index is 0.00940. The Morgan fingerprint density at radius 2 is 1.15 bits per heavy atom. The maximum atomic E-state index is 10.8. The lowest BCUT2D eigenvalue weighted by molar-refractivity contribution is -0.390. The highest BCUT2D eigenvalue weighted by Crippen LogP contribution is 2.26. The SMILES string of the molecule is O=[N+]([O-])c1nonc1-c1n[nH]c(-c2nc(-c3nonc3[N+](=O)[O-])n[nH]2)n1. The number of nitro groups is 2. The van der Waals surface area contributed by atoms with Crippen LogP contribution in [0.2, 0.25) is 0 Å². The highest BCUT2D eigenvalue weighted by molar-refractivity contribution is 5.63. The molecule has 0 fully saturated rings. The van der Waals surface area contributed by atoms with Crippen molar-refractivity contribution in [1.29, 1.82) is 0 Å². The van der Waals surface area contributed by atoms with Gasteiger partial charge in [0.2, 0.25) is 11.6 Å². The Bertz CT molecular complexity index is 1030. The van der Waals surface area contributed by atoms with E-state index in [1.54, 1.807) is 0 Å². The lowest BCUT2D eigenvalue weighted by atomic mass is 10.4. The molecule has 26 heavy (non-hydrogen) atoms. The second-order valence-electron chi connectivity index (χ2n) is 4.40. The third-order valence-electron chi connectivity index (χ3n) is 2.91. The molecule has 2 N–H and O–H groups in total. The van der Waals surface area contributed by atoms with Crippen LogP contribution in [0.15, 0.2) is 9.26 Å². The fraction of sp³-hybridized carbons (Fsp3) is 0. The van der Waals surface area contributed by atoms with Crippen LogP contribution in [0.3, 0.4) is 0 Å². The summed E-state index contributed by atoms with van der Waals surface area (Å²) in [4.78, 5) is 27.9. The van der Waals surface area contributed by atoms with Crippen molar-refractivity contribution in [2.45, 2.75) is 0 Å². The average molecular weight is 362 g/mol. The van der Waals surface area contributed by atoms with E-state index in [-0.39, 0.29) is 34.7 Å². The standard InChI is InChI=1S/C8H2N12O6/c21-19(22)7-1(15-25-17-7)3-9-5(13-11-3)6-10-4(12-14-6)2-8(20(23)24)18-26-16-2/h(H,9,11,13)(H,10,12,14). The zero-order valence-electron chi connectivity index (χ0n) is 11.9. The molecule has 0 aliphatic carbocycles. The predicted molar refractivity (Wildman–Crippen MR) is 71.7 cm³/mol. The molecule has 0 unspecified atom stereocenters. The van der Waals surface area contributed by atoms with E-state index >= 15 is 0 Å². The highest BCUT2D eigenvalue weighted by Gasteiger charge is 2.29. The maximum Gasteiger partial charge on any atom is 0.446 e. The second kappa shape index (κ2) is 5.47. The second-order valence-corrected chi connectivity index (χ2v) is 4.40. The zero-order chi connectivity index (χ0) is 18.3. The quantitative estimate of drug-likeness (QED) is 0.335. The normalized spacial score (nSPS) is 10.9. The summed E-state index contributed by atoms with van der Waals surface area (Å²) in [5, 5.41) is 47.1. The Balaban J connectivity index is 1.68. The summed E-state index contributed by atoms with van der Waals surface area (Å²) in [6, 6.07) is 0. The van der Waals surface area contributed by atoms with Gasteiger partial charge in [0, 0.05) is 0 Å². The summed E-state index contributed by atoms with van der Waals surface area (Å²) in [5.74, 6) is -1.68. The van der Waals surface area contributed by atoms with Crippen LogP contribution < -0.4 is 0 Å². The number of aromatic nitrogens is 10. The Hall–Kier alpha value is -4.64. The van der Waals surface area contributed by atoms with Gasteiger partial charge in [0.15, 0.2) is 22.0 Å². The van der Waals surface area contributed by atoms with Crippen molar-refractivity contribution in [3.8, 4) is 34.7 Å². The third kappa shape index (κ3) is 2.29. The van der Waals surface area contributed by atoms with E-state index in [4.69, 9.17) is 0 Å². The minimum Gasteiger partial charge on any atom is -0.358 e. The van der Waals surface area contributed by atoms with Gasteiger partial charge in [-0.1, -0.05) is 0 Å². The van der Waals surface area contributed by atoms with Crippen molar-refractivity contribution < 1.29 is 19.1 Å². The van der Waals surface area contributed by atoms with Gasteiger partial charge in [0.25, 0.3) is 11.4 Å². The van der Waals surface area contributed by atoms with Crippen LogP contribution in [0, 0.1) is 20.2 Å². The van der Waals surface area contributed by atoms with Gasteiger partial charge in [-0.2, -0.15) is 10.2 Å². The molecule has 0 spiro atoms. The maximum absolute atomic E-state index is 10.8. The molecule has 0 radical (unpaired) electrons. The first-order valence-corrected chi connectivity index (χ1v) is 6.34. The molecule has 0 aliphatic heterocycles. The van der Waals surface area contributed by atoms with Crippen LogP contribution in [0.4, 0.5) is 11.6 Å². The topological polar surface area (TPSA) is 247 Å². The summed E-state index contributed by atoms with van der Waals surface area (Å²) < 4.78 is 8.61. The van der Waals surface area contributed by atoms with E-state index in [1.807, 2.05) is 0 Å². The van der Waals surface area contributed by atoms with Crippen LogP contribution >= 0.6 is 0 Å². The van der Waals surface area contributed by atoms with Crippen LogP contribution in [-0.4, -0.2) is 60.8 Å². The molecular weight excluding hydrogens is 360 g/mol. The molecule has 0 aliphatic rings.